The molecule has 0 radical (unpaired) electrons. The van der Waals surface area contributed by atoms with Crippen LogP contribution in [0.4, 0.5) is 0 Å². The molecule has 4 heteroatoms. The van der Waals surface area contributed by atoms with Gasteiger partial charge >= 0.3 is 0 Å². The van der Waals surface area contributed by atoms with Gasteiger partial charge in [0.15, 0.2) is 0 Å². The third kappa shape index (κ3) is 2.08. The van der Waals surface area contributed by atoms with Crippen LogP contribution in [0.2, 0.25) is 0 Å². The first-order valence-corrected chi connectivity index (χ1v) is 7.04. The van der Waals surface area contributed by atoms with Gasteiger partial charge in [0.25, 0.3) is 0 Å². The molecule has 0 spiro atoms. The lowest BCUT2D eigenvalue weighted by molar-refractivity contribution is 0.0622. The monoisotopic (exact) mass is 249 g/mol. The molecule has 3 rings (SSSR count). The zero-order valence-corrected chi connectivity index (χ0v) is 11.4. The van der Waals surface area contributed by atoms with Crippen molar-refractivity contribution in [1.82, 2.24) is 9.78 Å². The summed E-state index contributed by atoms with van der Waals surface area (Å²) in [6.07, 6.45) is 5.68. The number of ether oxygens (including phenoxy) is 1. The Bertz CT molecular complexity index is 438. The van der Waals surface area contributed by atoms with E-state index in [0.29, 0.717) is 5.92 Å². The molecule has 1 aromatic heterocycles. The predicted octanol–water partition coefficient (Wildman–Crippen LogP) is 1.42. The van der Waals surface area contributed by atoms with Gasteiger partial charge in [-0.1, -0.05) is 6.92 Å². The van der Waals surface area contributed by atoms with E-state index in [1.165, 1.54) is 18.5 Å². The summed E-state index contributed by atoms with van der Waals surface area (Å²) in [5, 5.41) is 4.51. The second-order valence-electron chi connectivity index (χ2n) is 5.89. The van der Waals surface area contributed by atoms with Crippen LogP contribution in [0.5, 0.6) is 0 Å². The van der Waals surface area contributed by atoms with Gasteiger partial charge in [-0.05, 0) is 37.7 Å². The zero-order chi connectivity index (χ0) is 12.8. The van der Waals surface area contributed by atoms with Crippen molar-refractivity contribution < 1.29 is 4.74 Å². The maximum Gasteiger partial charge on any atom is 0.0787 e. The van der Waals surface area contributed by atoms with Crippen LogP contribution in [0.1, 0.15) is 37.6 Å². The summed E-state index contributed by atoms with van der Waals surface area (Å²) in [6, 6.07) is 2.19. The molecule has 2 N–H and O–H groups in total. The molecule has 1 aromatic rings. The van der Waals surface area contributed by atoms with Crippen LogP contribution in [0.15, 0.2) is 6.07 Å². The zero-order valence-electron chi connectivity index (χ0n) is 11.4. The maximum absolute atomic E-state index is 6.63. The molecule has 18 heavy (non-hydrogen) atoms. The van der Waals surface area contributed by atoms with Gasteiger partial charge in [0.2, 0.25) is 0 Å². The molecular weight excluding hydrogens is 226 g/mol. The minimum Gasteiger partial charge on any atom is -0.376 e. The highest BCUT2D eigenvalue weighted by atomic mass is 16.5. The lowest BCUT2D eigenvalue weighted by Gasteiger charge is -2.30. The van der Waals surface area contributed by atoms with Gasteiger partial charge in [-0.15, -0.1) is 0 Å². The fourth-order valence-electron chi connectivity index (χ4n) is 3.12. The number of nitrogens with zero attached hydrogens (tertiary/aromatic N) is 2. The lowest BCUT2D eigenvalue weighted by atomic mass is 9.85. The van der Waals surface area contributed by atoms with E-state index in [2.05, 4.69) is 18.1 Å². The van der Waals surface area contributed by atoms with Gasteiger partial charge < -0.3 is 10.5 Å². The maximum atomic E-state index is 6.63. The Morgan fingerprint density at radius 2 is 2.33 bits per heavy atom. The standard InChI is InChI=1S/C14H23N3O/c1-3-11-8-12(17(2)16-11)9-14(15)6-7-18-13(14)10-4-5-10/h8,10,13H,3-7,9,15H2,1-2H3. The highest BCUT2D eigenvalue weighted by Gasteiger charge is 2.48. The minimum absolute atomic E-state index is 0.181. The van der Waals surface area contributed by atoms with E-state index in [4.69, 9.17) is 10.5 Å². The molecule has 1 aliphatic carbocycles. The van der Waals surface area contributed by atoms with Crippen molar-refractivity contribution in [2.45, 2.75) is 50.7 Å². The molecular formula is C14H23N3O. The van der Waals surface area contributed by atoms with Crippen LogP contribution in [0.25, 0.3) is 0 Å². The van der Waals surface area contributed by atoms with Gasteiger partial charge in [0.1, 0.15) is 0 Å². The summed E-state index contributed by atoms with van der Waals surface area (Å²) in [5.41, 5.74) is 8.84. The highest BCUT2D eigenvalue weighted by Crippen LogP contribution is 2.43. The normalized spacial score (nSPS) is 32.1. The molecule has 1 saturated heterocycles. The van der Waals surface area contributed by atoms with Crippen molar-refractivity contribution in [1.29, 1.82) is 0 Å². The molecule has 1 saturated carbocycles. The molecule has 4 nitrogen and oxygen atoms in total. The van der Waals surface area contributed by atoms with Crippen LogP contribution >= 0.6 is 0 Å². The van der Waals surface area contributed by atoms with Crippen LogP contribution in [-0.4, -0.2) is 28.0 Å². The fourth-order valence-corrected chi connectivity index (χ4v) is 3.12. The Balaban J connectivity index is 1.79. The first kappa shape index (κ1) is 12.2. The van der Waals surface area contributed by atoms with Crippen molar-refractivity contribution in [2.75, 3.05) is 6.61 Å². The average Bonchev–Trinajstić information content (AvgIpc) is 3.02. The summed E-state index contributed by atoms with van der Waals surface area (Å²) >= 11 is 0. The molecule has 100 valence electrons. The Morgan fingerprint density at radius 1 is 1.56 bits per heavy atom. The molecule has 0 bridgehead atoms. The summed E-state index contributed by atoms with van der Waals surface area (Å²) in [5.74, 6) is 0.705. The second-order valence-corrected chi connectivity index (χ2v) is 5.89. The van der Waals surface area contributed by atoms with E-state index in [1.807, 2.05) is 11.7 Å². The van der Waals surface area contributed by atoms with Crippen molar-refractivity contribution in [3.63, 3.8) is 0 Å². The SMILES string of the molecule is CCc1cc(CC2(N)CCOC2C2CC2)n(C)n1. The molecule has 1 aliphatic heterocycles. The van der Waals surface area contributed by atoms with E-state index in [0.717, 1.165) is 31.6 Å². The highest BCUT2D eigenvalue weighted by molar-refractivity contribution is 5.16. The van der Waals surface area contributed by atoms with Crippen molar-refractivity contribution in [2.24, 2.45) is 18.7 Å². The van der Waals surface area contributed by atoms with E-state index < -0.39 is 0 Å². The summed E-state index contributed by atoms with van der Waals surface area (Å²) in [7, 11) is 2.01. The number of hydrogen-bond acceptors (Lipinski definition) is 3. The van der Waals surface area contributed by atoms with Crippen molar-refractivity contribution in [3.8, 4) is 0 Å². The van der Waals surface area contributed by atoms with Gasteiger partial charge in [-0.3, -0.25) is 4.68 Å². The minimum atomic E-state index is -0.181. The molecule has 2 unspecified atom stereocenters. The molecule has 2 aliphatic rings. The smallest absolute Gasteiger partial charge is 0.0787 e. The predicted molar refractivity (Wildman–Crippen MR) is 70.3 cm³/mol. The number of nitrogens with two attached hydrogens (primary N) is 1. The summed E-state index contributed by atoms with van der Waals surface area (Å²) < 4.78 is 7.86. The summed E-state index contributed by atoms with van der Waals surface area (Å²) in [6.45, 7) is 2.95. The number of aromatic nitrogens is 2. The molecule has 2 atom stereocenters. The van der Waals surface area contributed by atoms with Crippen LogP contribution in [0.3, 0.4) is 0 Å². The Hall–Kier alpha value is -0.870. The Labute approximate surface area is 108 Å². The number of hydrogen-bond donors (Lipinski definition) is 1. The van der Waals surface area contributed by atoms with Crippen LogP contribution in [-0.2, 0) is 24.6 Å². The van der Waals surface area contributed by atoms with Gasteiger partial charge in [0.05, 0.1) is 17.3 Å². The topological polar surface area (TPSA) is 53.1 Å². The number of aryl methyl sites for hydroxylation is 2. The Morgan fingerprint density at radius 3 is 2.94 bits per heavy atom. The third-order valence-electron chi connectivity index (χ3n) is 4.38. The van der Waals surface area contributed by atoms with Gasteiger partial charge in [-0.25, -0.2) is 0 Å². The van der Waals surface area contributed by atoms with Crippen LogP contribution < -0.4 is 5.73 Å². The molecule has 0 amide bonds. The third-order valence-corrected chi connectivity index (χ3v) is 4.38. The van der Waals surface area contributed by atoms with Crippen molar-refractivity contribution in [3.05, 3.63) is 17.5 Å². The van der Waals surface area contributed by atoms with Gasteiger partial charge in [0, 0.05) is 25.8 Å². The first-order valence-electron chi connectivity index (χ1n) is 7.04. The molecule has 2 fully saturated rings. The number of rotatable bonds is 4. The first-order chi connectivity index (χ1) is 8.62. The van der Waals surface area contributed by atoms with E-state index in [9.17, 15) is 0 Å². The summed E-state index contributed by atoms with van der Waals surface area (Å²) in [4.78, 5) is 0. The van der Waals surface area contributed by atoms with Crippen LogP contribution in [0, 0.1) is 5.92 Å². The quantitative estimate of drug-likeness (QED) is 0.878. The molecule has 0 aromatic carbocycles. The van der Waals surface area contributed by atoms with E-state index >= 15 is 0 Å². The van der Waals surface area contributed by atoms with E-state index in [-0.39, 0.29) is 11.6 Å². The van der Waals surface area contributed by atoms with E-state index in [1.54, 1.807) is 0 Å². The second kappa shape index (κ2) is 4.35. The fraction of sp³-hybridized carbons (Fsp3) is 0.786. The molecule has 2 heterocycles. The Kier molecular flexibility index (Phi) is 2.94. The lowest BCUT2D eigenvalue weighted by Crippen LogP contribution is -2.50. The van der Waals surface area contributed by atoms with Crippen molar-refractivity contribution >= 4 is 0 Å². The van der Waals surface area contributed by atoms with Gasteiger partial charge in [-0.2, -0.15) is 5.10 Å². The largest absolute Gasteiger partial charge is 0.376 e. The average molecular weight is 249 g/mol.